The zero-order chi connectivity index (χ0) is 15.4. The maximum absolute atomic E-state index is 13.6. The number of nitrogens with zero attached hydrogens (tertiary/aromatic N) is 2. The van der Waals surface area contributed by atoms with Crippen molar-refractivity contribution in [1.29, 1.82) is 0 Å². The Hall–Kier alpha value is -1.79. The lowest BCUT2D eigenvalue weighted by molar-refractivity contribution is -0.385. The molecule has 0 unspecified atom stereocenters. The monoisotopic (exact) mass is 352 g/mol. The molecule has 21 heavy (non-hydrogen) atoms. The molecule has 0 aliphatic rings. The molecular weight excluding hydrogens is 339 g/mol. The fourth-order valence-electron chi connectivity index (χ4n) is 2.08. The van der Waals surface area contributed by atoms with Crippen molar-refractivity contribution in [3.63, 3.8) is 0 Å². The molecule has 110 valence electrons. The summed E-state index contributed by atoms with van der Waals surface area (Å²) in [6.07, 6.45) is 0. The van der Waals surface area contributed by atoms with E-state index in [1.54, 1.807) is 24.3 Å². The summed E-state index contributed by atoms with van der Waals surface area (Å²) in [5.74, 6) is -0.244. The maximum Gasteiger partial charge on any atom is 0.283 e. The molecule has 0 aliphatic heterocycles. The predicted octanol–water partition coefficient (Wildman–Crippen LogP) is 4.13. The molecule has 2 aromatic carbocycles. The average Bonchev–Trinajstić information content (AvgIpc) is 2.43. The molecule has 6 heteroatoms. The highest BCUT2D eigenvalue weighted by atomic mass is 79.9. The van der Waals surface area contributed by atoms with E-state index < -0.39 is 4.92 Å². The molecule has 4 nitrogen and oxygen atoms in total. The smallest absolute Gasteiger partial charge is 0.283 e. The maximum atomic E-state index is 13.6. The minimum Gasteiger partial charge on any atom is -0.298 e. The minimum absolute atomic E-state index is 0.0341. The lowest BCUT2D eigenvalue weighted by Gasteiger charge is -2.17. The summed E-state index contributed by atoms with van der Waals surface area (Å²) in [5, 5.41) is 10.9. The Morgan fingerprint density at radius 3 is 2.62 bits per heavy atom. The first-order chi connectivity index (χ1) is 9.97. The topological polar surface area (TPSA) is 46.4 Å². The molecule has 0 N–H and O–H groups in total. The number of benzene rings is 2. The van der Waals surface area contributed by atoms with Crippen LogP contribution >= 0.6 is 15.9 Å². The molecule has 0 atom stereocenters. The Bertz CT molecular complexity index is 664. The molecule has 0 fully saturated rings. The van der Waals surface area contributed by atoms with Crippen LogP contribution in [0.2, 0.25) is 0 Å². The van der Waals surface area contributed by atoms with Crippen LogP contribution in [-0.4, -0.2) is 16.9 Å². The molecule has 0 aromatic heterocycles. The average molecular weight is 353 g/mol. The highest BCUT2D eigenvalue weighted by molar-refractivity contribution is 9.10. The summed E-state index contributed by atoms with van der Waals surface area (Å²) in [4.78, 5) is 12.4. The van der Waals surface area contributed by atoms with Gasteiger partial charge in [-0.1, -0.05) is 24.3 Å². The van der Waals surface area contributed by atoms with E-state index in [0.29, 0.717) is 23.1 Å². The summed E-state index contributed by atoms with van der Waals surface area (Å²) < 4.78 is 14.0. The Morgan fingerprint density at radius 1 is 1.24 bits per heavy atom. The zero-order valence-corrected chi connectivity index (χ0v) is 13.0. The van der Waals surface area contributed by atoms with Gasteiger partial charge in [-0.25, -0.2) is 4.39 Å². The SMILES string of the molecule is CN(Cc1ccc(Br)c([N+](=O)[O-])c1)Cc1ccccc1F. The second-order valence-electron chi connectivity index (χ2n) is 4.81. The van der Waals surface area contributed by atoms with Crippen LogP contribution < -0.4 is 0 Å². The first kappa shape index (κ1) is 15.6. The van der Waals surface area contributed by atoms with E-state index in [1.807, 2.05) is 18.0 Å². The van der Waals surface area contributed by atoms with Gasteiger partial charge < -0.3 is 0 Å². The van der Waals surface area contributed by atoms with Crippen molar-refractivity contribution in [2.75, 3.05) is 7.05 Å². The highest BCUT2D eigenvalue weighted by Gasteiger charge is 2.13. The summed E-state index contributed by atoms with van der Waals surface area (Å²) in [6, 6.07) is 11.6. The van der Waals surface area contributed by atoms with E-state index in [4.69, 9.17) is 0 Å². The van der Waals surface area contributed by atoms with Gasteiger partial charge in [0.25, 0.3) is 5.69 Å². The largest absolute Gasteiger partial charge is 0.298 e. The van der Waals surface area contributed by atoms with Crippen molar-refractivity contribution in [2.24, 2.45) is 0 Å². The van der Waals surface area contributed by atoms with Crippen molar-refractivity contribution in [2.45, 2.75) is 13.1 Å². The lowest BCUT2D eigenvalue weighted by Crippen LogP contribution is -2.18. The van der Waals surface area contributed by atoms with Crippen LogP contribution in [0.25, 0.3) is 0 Å². The highest BCUT2D eigenvalue weighted by Crippen LogP contribution is 2.26. The molecule has 0 amide bonds. The van der Waals surface area contributed by atoms with Crippen molar-refractivity contribution < 1.29 is 9.31 Å². The fraction of sp³-hybridized carbons (Fsp3) is 0.200. The van der Waals surface area contributed by atoms with Crippen LogP contribution in [0.3, 0.4) is 0 Å². The normalized spacial score (nSPS) is 10.9. The van der Waals surface area contributed by atoms with Crippen LogP contribution in [0.5, 0.6) is 0 Å². The van der Waals surface area contributed by atoms with Crippen LogP contribution in [0.4, 0.5) is 10.1 Å². The van der Waals surface area contributed by atoms with E-state index in [0.717, 1.165) is 5.56 Å². The van der Waals surface area contributed by atoms with Crippen molar-refractivity contribution in [3.05, 3.63) is 74.0 Å². The van der Waals surface area contributed by atoms with Crippen LogP contribution in [0.15, 0.2) is 46.9 Å². The number of hydrogen-bond acceptors (Lipinski definition) is 3. The van der Waals surface area contributed by atoms with Gasteiger partial charge in [-0.2, -0.15) is 0 Å². The molecule has 0 aliphatic carbocycles. The Morgan fingerprint density at radius 2 is 1.95 bits per heavy atom. The molecule has 0 spiro atoms. The minimum atomic E-state index is -0.426. The molecule has 2 aromatic rings. The Kier molecular flexibility index (Phi) is 5.03. The lowest BCUT2D eigenvalue weighted by atomic mass is 10.1. The summed E-state index contributed by atoms with van der Waals surface area (Å²) in [5.41, 5.74) is 1.45. The number of rotatable bonds is 5. The van der Waals surface area contributed by atoms with Gasteiger partial charge in [0, 0.05) is 24.7 Å². The van der Waals surface area contributed by atoms with E-state index in [1.165, 1.54) is 12.1 Å². The predicted molar refractivity (Wildman–Crippen MR) is 82.4 cm³/mol. The molecule has 0 bridgehead atoms. The van der Waals surface area contributed by atoms with E-state index in [-0.39, 0.29) is 11.5 Å². The number of nitro benzene ring substituents is 1. The third-order valence-electron chi connectivity index (χ3n) is 3.06. The van der Waals surface area contributed by atoms with Gasteiger partial charge in [-0.05, 0) is 40.7 Å². The standard InChI is InChI=1S/C15H14BrFN2O2/c1-18(10-12-4-2-3-5-14(12)17)9-11-6-7-13(16)15(8-11)19(20)21/h2-8H,9-10H2,1H3. The van der Waals surface area contributed by atoms with Gasteiger partial charge in [0.1, 0.15) is 5.82 Å². The van der Waals surface area contributed by atoms with Crippen LogP contribution in [0, 0.1) is 15.9 Å². The van der Waals surface area contributed by atoms with Gasteiger partial charge in [0.15, 0.2) is 0 Å². The summed E-state index contributed by atoms with van der Waals surface area (Å²) in [7, 11) is 1.85. The third kappa shape index (κ3) is 4.09. The van der Waals surface area contributed by atoms with Crippen molar-refractivity contribution in [1.82, 2.24) is 4.90 Å². The first-order valence-electron chi connectivity index (χ1n) is 6.32. The van der Waals surface area contributed by atoms with Crippen molar-refractivity contribution >= 4 is 21.6 Å². The Balaban J connectivity index is 2.09. The molecule has 0 radical (unpaired) electrons. The van der Waals surface area contributed by atoms with Gasteiger partial charge in [0.2, 0.25) is 0 Å². The quantitative estimate of drug-likeness (QED) is 0.600. The molecular formula is C15H14BrFN2O2. The molecule has 0 saturated heterocycles. The van der Waals surface area contributed by atoms with E-state index in [2.05, 4.69) is 15.9 Å². The second kappa shape index (κ2) is 6.78. The Labute approximate surface area is 130 Å². The third-order valence-corrected chi connectivity index (χ3v) is 3.73. The van der Waals surface area contributed by atoms with Gasteiger partial charge in [0.05, 0.1) is 9.40 Å². The first-order valence-corrected chi connectivity index (χ1v) is 7.11. The van der Waals surface area contributed by atoms with Gasteiger partial charge in [-0.15, -0.1) is 0 Å². The summed E-state index contributed by atoms with van der Waals surface area (Å²) >= 11 is 3.16. The molecule has 2 rings (SSSR count). The van der Waals surface area contributed by atoms with Crippen molar-refractivity contribution in [3.8, 4) is 0 Å². The number of nitro groups is 1. The van der Waals surface area contributed by atoms with Gasteiger partial charge >= 0.3 is 0 Å². The van der Waals surface area contributed by atoms with E-state index >= 15 is 0 Å². The molecule has 0 heterocycles. The zero-order valence-electron chi connectivity index (χ0n) is 11.4. The van der Waals surface area contributed by atoms with Crippen LogP contribution in [0.1, 0.15) is 11.1 Å². The van der Waals surface area contributed by atoms with Crippen LogP contribution in [-0.2, 0) is 13.1 Å². The molecule has 0 saturated carbocycles. The fourth-order valence-corrected chi connectivity index (χ4v) is 2.47. The number of hydrogen-bond donors (Lipinski definition) is 0. The second-order valence-corrected chi connectivity index (χ2v) is 5.66. The van der Waals surface area contributed by atoms with Gasteiger partial charge in [-0.3, -0.25) is 15.0 Å². The van der Waals surface area contributed by atoms with E-state index in [9.17, 15) is 14.5 Å². The summed E-state index contributed by atoms with van der Waals surface area (Å²) in [6.45, 7) is 0.943. The number of halogens is 2.